The number of benzene rings is 10. The molecule has 0 aliphatic rings. The molecule has 0 bridgehead atoms. The molecule has 0 atom stereocenters. The lowest BCUT2D eigenvalue weighted by molar-refractivity contribution is -0.137. The molecule has 0 saturated carbocycles. The van der Waals surface area contributed by atoms with Crippen molar-refractivity contribution in [2.45, 2.75) is 6.18 Å². The van der Waals surface area contributed by atoms with Gasteiger partial charge in [0.1, 0.15) is 11.6 Å². The van der Waals surface area contributed by atoms with Gasteiger partial charge in [0.05, 0.1) is 85.5 Å². The van der Waals surface area contributed by atoms with E-state index in [0.717, 1.165) is 44.8 Å². The standard InChI is InChI=1S/C66H34F3N7/c67-66(68,69)49-15-9-14-40(30-49)54-28-29-60(75-61-31-41(50-16-5-1-10-45(50)35-70)20-24-55(61)56-25-21-42(32-62(56)75)51-17-6-2-11-46(51)36-71)59(39-74)65(54)76-63-33-43(52-18-7-3-12-47(52)37-72)22-26-57(63)58-27-23-44(34-64(58)76)53-19-8-4-13-48(53)38-73/h1-34H. The van der Waals surface area contributed by atoms with E-state index in [1.807, 2.05) is 130 Å². The molecule has 0 fully saturated rings. The van der Waals surface area contributed by atoms with Gasteiger partial charge in [0.25, 0.3) is 0 Å². The number of nitriles is 5. The molecule has 0 N–H and O–H groups in total. The zero-order valence-electron chi connectivity index (χ0n) is 39.9. The Kier molecular flexibility index (Phi) is 11.1. The third kappa shape index (κ3) is 7.49. The average molecular weight is 982 g/mol. The summed E-state index contributed by atoms with van der Waals surface area (Å²) in [6, 6.07) is 72.9. The molecule has 2 heterocycles. The Bertz CT molecular complexity index is 4420. The second-order valence-electron chi connectivity index (χ2n) is 18.3. The van der Waals surface area contributed by atoms with Crippen LogP contribution >= 0.6 is 0 Å². The third-order valence-electron chi connectivity index (χ3n) is 14.2. The number of halogens is 3. The summed E-state index contributed by atoms with van der Waals surface area (Å²) in [4.78, 5) is 0. The molecule has 0 radical (unpaired) electrons. The summed E-state index contributed by atoms with van der Waals surface area (Å²) in [6.45, 7) is 0. The molecule has 10 aromatic carbocycles. The van der Waals surface area contributed by atoms with E-state index < -0.39 is 11.7 Å². The van der Waals surface area contributed by atoms with Crippen LogP contribution in [0.5, 0.6) is 0 Å². The number of hydrogen-bond donors (Lipinski definition) is 0. The Morgan fingerprint density at radius 2 is 0.671 bits per heavy atom. The van der Waals surface area contributed by atoms with E-state index in [-0.39, 0.29) is 16.8 Å². The Morgan fingerprint density at radius 3 is 1.03 bits per heavy atom. The molecule has 76 heavy (non-hydrogen) atoms. The highest BCUT2D eigenvalue weighted by atomic mass is 19.4. The maximum Gasteiger partial charge on any atom is 0.416 e. The lowest BCUT2D eigenvalue weighted by Crippen LogP contribution is -2.08. The molecule has 10 heteroatoms. The Morgan fingerprint density at radius 1 is 0.316 bits per heavy atom. The predicted octanol–water partition coefficient (Wildman–Crippen LogP) is 16.6. The fourth-order valence-electron chi connectivity index (χ4n) is 10.7. The zero-order valence-corrected chi connectivity index (χ0v) is 39.9. The van der Waals surface area contributed by atoms with Crippen LogP contribution in [0.15, 0.2) is 206 Å². The maximum absolute atomic E-state index is 14.8. The van der Waals surface area contributed by atoms with Gasteiger partial charge in [0.2, 0.25) is 0 Å². The lowest BCUT2D eigenvalue weighted by Gasteiger charge is -2.21. The van der Waals surface area contributed by atoms with Crippen LogP contribution in [-0.2, 0) is 6.18 Å². The van der Waals surface area contributed by atoms with Crippen molar-refractivity contribution < 1.29 is 13.2 Å². The first-order chi connectivity index (χ1) is 37.1. The van der Waals surface area contributed by atoms with E-state index in [2.05, 4.69) is 30.3 Å². The number of hydrogen-bond acceptors (Lipinski definition) is 5. The first-order valence-electron chi connectivity index (χ1n) is 24.0. The van der Waals surface area contributed by atoms with Crippen molar-refractivity contribution in [3.63, 3.8) is 0 Å². The molecule has 0 aliphatic carbocycles. The molecule has 2 aromatic heterocycles. The lowest BCUT2D eigenvalue weighted by atomic mass is 9.96. The minimum atomic E-state index is -4.69. The highest BCUT2D eigenvalue weighted by molar-refractivity contribution is 6.14. The smallest absolute Gasteiger partial charge is 0.308 e. The summed E-state index contributed by atoms with van der Waals surface area (Å²) in [5.74, 6) is 0. The number of rotatable bonds is 7. The van der Waals surface area contributed by atoms with Gasteiger partial charge in [0, 0.05) is 27.1 Å². The number of aromatic nitrogens is 2. The van der Waals surface area contributed by atoms with Crippen LogP contribution in [0.25, 0.3) is 111 Å². The van der Waals surface area contributed by atoms with Gasteiger partial charge in [-0.3, -0.25) is 0 Å². The van der Waals surface area contributed by atoms with E-state index >= 15 is 0 Å². The van der Waals surface area contributed by atoms with Crippen LogP contribution in [0, 0.1) is 56.7 Å². The summed E-state index contributed by atoms with van der Waals surface area (Å²) in [5, 5.41) is 56.3. The van der Waals surface area contributed by atoms with Crippen LogP contribution in [0.2, 0.25) is 0 Å². The van der Waals surface area contributed by atoms with Gasteiger partial charge >= 0.3 is 6.18 Å². The number of fused-ring (bicyclic) bond motifs is 6. The van der Waals surface area contributed by atoms with Crippen LogP contribution in [-0.4, -0.2) is 9.13 Å². The van der Waals surface area contributed by atoms with Gasteiger partial charge in [-0.25, -0.2) is 0 Å². The molecule has 0 amide bonds. The molecule has 354 valence electrons. The van der Waals surface area contributed by atoms with E-state index in [9.17, 15) is 39.5 Å². The quantitative estimate of drug-likeness (QED) is 0.157. The Hall–Kier alpha value is -11.0. The molecular weight excluding hydrogens is 948 g/mol. The second-order valence-corrected chi connectivity index (χ2v) is 18.3. The van der Waals surface area contributed by atoms with Crippen molar-refractivity contribution in [3.05, 3.63) is 240 Å². The fraction of sp³-hybridized carbons (Fsp3) is 0.0152. The molecule has 12 aromatic rings. The van der Waals surface area contributed by atoms with Crippen molar-refractivity contribution >= 4 is 43.6 Å². The van der Waals surface area contributed by atoms with Crippen LogP contribution in [0.4, 0.5) is 13.2 Å². The third-order valence-corrected chi connectivity index (χ3v) is 14.2. The highest BCUT2D eigenvalue weighted by Gasteiger charge is 2.32. The SMILES string of the molecule is N#Cc1ccccc1-c1ccc2c3ccc(-c4ccccc4C#N)cc3n(-c3ccc(-c4cccc(C(F)(F)F)c4)c(-n4c5cc(-c6ccccc6C#N)ccc5c5ccc(-c6ccccc6C#N)cc54)c3C#N)c2c1. The predicted molar refractivity (Wildman–Crippen MR) is 291 cm³/mol. The van der Waals surface area contributed by atoms with Crippen LogP contribution in [0.3, 0.4) is 0 Å². The summed E-state index contributed by atoms with van der Waals surface area (Å²) in [7, 11) is 0. The van der Waals surface area contributed by atoms with E-state index in [1.54, 1.807) is 66.7 Å². The highest BCUT2D eigenvalue weighted by Crippen LogP contribution is 2.46. The summed E-state index contributed by atoms with van der Waals surface area (Å²) in [5.41, 5.74) is 10.4. The topological polar surface area (TPSA) is 129 Å². The van der Waals surface area contributed by atoms with Gasteiger partial charge in [0.15, 0.2) is 0 Å². The van der Waals surface area contributed by atoms with Gasteiger partial charge < -0.3 is 9.13 Å². The first kappa shape index (κ1) is 46.1. The minimum absolute atomic E-state index is 0.115. The van der Waals surface area contributed by atoms with E-state index in [4.69, 9.17) is 0 Å². The van der Waals surface area contributed by atoms with Gasteiger partial charge in [-0.2, -0.15) is 39.5 Å². The number of nitrogens with zero attached hydrogens (tertiary/aromatic N) is 7. The Labute approximate surface area is 433 Å². The second kappa shape index (κ2) is 18.3. The van der Waals surface area contributed by atoms with Crippen LogP contribution in [0.1, 0.15) is 33.4 Å². The van der Waals surface area contributed by atoms with Crippen molar-refractivity contribution in [2.75, 3.05) is 0 Å². The fourth-order valence-corrected chi connectivity index (χ4v) is 10.7. The molecule has 7 nitrogen and oxygen atoms in total. The van der Waals surface area contributed by atoms with Gasteiger partial charge in [-0.15, -0.1) is 0 Å². The van der Waals surface area contributed by atoms with Crippen molar-refractivity contribution in [2.24, 2.45) is 0 Å². The van der Waals surface area contributed by atoms with Gasteiger partial charge in [-0.05, 0) is 117 Å². The van der Waals surface area contributed by atoms with Gasteiger partial charge in [-0.1, -0.05) is 140 Å². The van der Waals surface area contributed by atoms with E-state index in [1.165, 1.54) is 6.07 Å². The summed E-state index contributed by atoms with van der Waals surface area (Å²) in [6.07, 6.45) is -4.69. The maximum atomic E-state index is 14.8. The van der Waals surface area contributed by atoms with E-state index in [0.29, 0.717) is 89.0 Å². The minimum Gasteiger partial charge on any atom is -0.308 e. The largest absolute Gasteiger partial charge is 0.416 e. The molecule has 0 saturated heterocycles. The Balaban J connectivity index is 1.26. The van der Waals surface area contributed by atoms with Crippen LogP contribution < -0.4 is 0 Å². The zero-order chi connectivity index (χ0) is 52.2. The molecule has 0 aliphatic heterocycles. The average Bonchev–Trinajstić information content (AvgIpc) is 4.16. The van der Waals surface area contributed by atoms with Crippen molar-refractivity contribution in [1.29, 1.82) is 26.3 Å². The molecule has 0 unspecified atom stereocenters. The normalized spacial score (nSPS) is 11.3. The molecule has 0 spiro atoms. The number of alkyl halides is 3. The van der Waals surface area contributed by atoms with Crippen molar-refractivity contribution in [3.8, 4) is 97.4 Å². The summed E-state index contributed by atoms with van der Waals surface area (Å²) >= 11 is 0. The molecule has 12 rings (SSSR count). The monoisotopic (exact) mass is 981 g/mol. The first-order valence-corrected chi connectivity index (χ1v) is 24.0. The summed E-state index contributed by atoms with van der Waals surface area (Å²) < 4.78 is 48.2. The molecular formula is C66H34F3N7. The van der Waals surface area contributed by atoms with Crippen molar-refractivity contribution in [1.82, 2.24) is 9.13 Å².